The van der Waals surface area contributed by atoms with Gasteiger partial charge >= 0.3 is 0 Å². The maximum absolute atomic E-state index is 9.94. The summed E-state index contributed by atoms with van der Waals surface area (Å²) in [5.41, 5.74) is 5.22. The number of para-hydroxylation sites is 1. The van der Waals surface area contributed by atoms with Crippen molar-refractivity contribution in [3.05, 3.63) is 65.2 Å². The first-order valence-electron chi connectivity index (χ1n) is 9.03. The molecule has 2 aromatic rings. The average molecular weight is 335 g/mol. The number of aromatic hydroxyl groups is 1. The van der Waals surface area contributed by atoms with Crippen LogP contribution in [-0.2, 0) is 0 Å². The average Bonchev–Trinajstić information content (AvgIpc) is 3.11. The van der Waals surface area contributed by atoms with Gasteiger partial charge in [-0.1, -0.05) is 50.3 Å². The van der Waals surface area contributed by atoms with E-state index >= 15 is 0 Å². The fourth-order valence-corrected chi connectivity index (χ4v) is 4.34. The van der Waals surface area contributed by atoms with Gasteiger partial charge in [0, 0.05) is 11.6 Å². The van der Waals surface area contributed by atoms with E-state index in [1.54, 1.807) is 13.2 Å². The molecule has 0 saturated carbocycles. The Balaban J connectivity index is 1.81. The number of nitrogens with one attached hydrogen (secondary N) is 1. The number of anilines is 1. The molecule has 0 radical (unpaired) electrons. The number of phenolic OH excluding ortho intramolecular Hbond substituents is 1. The highest BCUT2D eigenvalue weighted by molar-refractivity contribution is 5.65. The standard InChI is InChI=1S/C22H25NO2/c1-13(2)15-6-4-9-18-16-7-5-8-17(16)21(23-22(15)18)14-10-11-19(24)20(12-14)25-3/h4-7,9-13,16-17,21,23-24H,8H2,1-3H3. The molecule has 3 atom stereocenters. The Labute approximate surface area is 149 Å². The van der Waals surface area contributed by atoms with E-state index in [9.17, 15) is 5.11 Å². The van der Waals surface area contributed by atoms with Crippen molar-refractivity contribution >= 4 is 5.69 Å². The summed E-state index contributed by atoms with van der Waals surface area (Å²) in [6.07, 6.45) is 5.73. The molecule has 3 unspecified atom stereocenters. The van der Waals surface area contributed by atoms with E-state index in [1.165, 1.54) is 16.8 Å². The number of hydrogen-bond acceptors (Lipinski definition) is 3. The molecule has 0 amide bonds. The van der Waals surface area contributed by atoms with Crippen LogP contribution in [0.3, 0.4) is 0 Å². The minimum atomic E-state index is 0.187. The van der Waals surface area contributed by atoms with Crippen molar-refractivity contribution in [2.75, 3.05) is 12.4 Å². The first kappa shape index (κ1) is 16.1. The van der Waals surface area contributed by atoms with Gasteiger partial charge in [-0.2, -0.15) is 0 Å². The molecule has 0 spiro atoms. The van der Waals surface area contributed by atoms with Crippen LogP contribution in [0.1, 0.15) is 54.8 Å². The van der Waals surface area contributed by atoms with Crippen LogP contribution >= 0.6 is 0 Å². The zero-order chi connectivity index (χ0) is 17.6. The van der Waals surface area contributed by atoms with Gasteiger partial charge in [0.1, 0.15) is 0 Å². The monoisotopic (exact) mass is 335 g/mol. The highest BCUT2D eigenvalue weighted by Crippen LogP contribution is 2.51. The third-order valence-electron chi connectivity index (χ3n) is 5.61. The number of phenols is 1. The summed E-state index contributed by atoms with van der Waals surface area (Å²) in [5, 5.41) is 13.8. The van der Waals surface area contributed by atoms with Gasteiger partial charge in [-0.05, 0) is 47.1 Å². The topological polar surface area (TPSA) is 41.5 Å². The van der Waals surface area contributed by atoms with Gasteiger partial charge in [-0.25, -0.2) is 0 Å². The Kier molecular flexibility index (Phi) is 3.95. The molecule has 2 aromatic carbocycles. The molecule has 2 N–H and O–H groups in total. The van der Waals surface area contributed by atoms with Crippen LogP contribution in [0.5, 0.6) is 11.5 Å². The Morgan fingerprint density at radius 1 is 1.20 bits per heavy atom. The van der Waals surface area contributed by atoms with E-state index in [1.807, 2.05) is 12.1 Å². The van der Waals surface area contributed by atoms with Crippen LogP contribution in [0.25, 0.3) is 0 Å². The van der Waals surface area contributed by atoms with Crippen molar-refractivity contribution < 1.29 is 9.84 Å². The Morgan fingerprint density at radius 2 is 2.04 bits per heavy atom. The fraction of sp³-hybridized carbons (Fsp3) is 0.364. The summed E-state index contributed by atoms with van der Waals surface area (Å²) in [7, 11) is 1.60. The molecule has 3 heteroatoms. The van der Waals surface area contributed by atoms with Crippen molar-refractivity contribution in [2.45, 2.75) is 38.1 Å². The summed E-state index contributed by atoms with van der Waals surface area (Å²) in [4.78, 5) is 0. The second kappa shape index (κ2) is 6.14. The highest BCUT2D eigenvalue weighted by Gasteiger charge is 2.38. The van der Waals surface area contributed by atoms with Crippen molar-refractivity contribution in [3.8, 4) is 11.5 Å². The van der Waals surface area contributed by atoms with Crippen molar-refractivity contribution in [1.29, 1.82) is 0 Å². The molecule has 0 bridgehead atoms. The zero-order valence-corrected chi connectivity index (χ0v) is 15.0. The van der Waals surface area contributed by atoms with E-state index in [-0.39, 0.29) is 11.8 Å². The SMILES string of the molecule is COc1cc(C2Nc3c(C(C)C)cccc3C3C=CCC32)ccc1O. The number of ether oxygens (including phenoxy) is 1. The van der Waals surface area contributed by atoms with Gasteiger partial charge in [0.05, 0.1) is 13.2 Å². The molecule has 2 aliphatic rings. The summed E-state index contributed by atoms with van der Waals surface area (Å²) < 4.78 is 5.33. The zero-order valence-electron chi connectivity index (χ0n) is 15.0. The molecule has 25 heavy (non-hydrogen) atoms. The van der Waals surface area contributed by atoms with Crippen molar-refractivity contribution in [3.63, 3.8) is 0 Å². The molecule has 0 saturated heterocycles. The second-order valence-electron chi connectivity index (χ2n) is 7.37. The van der Waals surface area contributed by atoms with E-state index in [0.717, 1.165) is 12.0 Å². The van der Waals surface area contributed by atoms with Crippen LogP contribution in [-0.4, -0.2) is 12.2 Å². The van der Waals surface area contributed by atoms with Crippen molar-refractivity contribution in [1.82, 2.24) is 0 Å². The number of fused-ring (bicyclic) bond motifs is 3. The number of methoxy groups -OCH3 is 1. The minimum Gasteiger partial charge on any atom is -0.504 e. The van der Waals surface area contributed by atoms with E-state index in [0.29, 0.717) is 23.5 Å². The lowest BCUT2D eigenvalue weighted by Gasteiger charge is -2.39. The lowest BCUT2D eigenvalue weighted by molar-refractivity contribution is 0.370. The highest BCUT2D eigenvalue weighted by atomic mass is 16.5. The lowest BCUT2D eigenvalue weighted by atomic mass is 9.75. The van der Waals surface area contributed by atoms with E-state index < -0.39 is 0 Å². The Hall–Kier alpha value is -2.42. The van der Waals surface area contributed by atoms with Gasteiger partial charge in [-0.15, -0.1) is 0 Å². The van der Waals surface area contributed by atoms with Gasteiger partial charge in [0.2, 0.25) is 0 Å². The molecular formula is C22H25NO2. The van der Waals surface area contributed by atoms with Gasteiger partial charge < -0.3 is 15.2 Å². The normalized spacial score (nSPS) is 23.9. The lowest BCUT2D eigenvalue weighted by Crippen LogP contribution is -2.30. The van der Waals surface area contributed by atoms with E-state index in [2.05, 4.69) is 49.5 Å². The molecule has 130 valence electrons. The van der Waals surface area contributed by atoms with Crippen LogP contribution in [0.15, 0.2) is 48.6 Å². The third kappa shape index (κ3) is 2.58. The molecule has 1 aliphatic heterocycles. The molecular weight excluding hydrogens is 310 g/mol. The molecule has 0 aromatic heterocycles. The number of hydrogen-bond donors (Lipinski definition) is 2. The number of allylic oxidation sites excluding steroid dienone is 2. The minimum absolute atomic E-state index is 0.187. The predicted molar refractivity (Wildman–Crippen MR) is 102 cm³/mol. The fourth-order valence-electron chi connectivity index (χ4n) is 4.34. The summed E-state index contributed by atoms with van der Waals surface area (Å²) in [6, 6.07) is 12.6. The Morgan fingerprint density at radius 3 is 2.80 bits per heavy atom. The van der Waals surface area contributed by atoms with Crippen molar-refractivity contribution in [2.24, 2.45) is 5.92 Å². The van der Waals surface area contributed by atoms with Gasteiger partial charge in [-0.3, -0.25) is 0 Å². The largest absolute Gasteiger partial charge is 0.504 e. The molecule has 1 heterocycles. The summed E-state index contributed by atoms with van der Waals surface area (Å²) in [6.45, 7) is 4.49. The smallest absolute Gasteiger partial charge is 0.160 e. The second-order valence-corrected chi connectivity index (χ2v) is 7.37. The quantitative estimate of drug-likeness (QED) is 0.743. The van der Waals surface area contributed by atoms with Crippen LogP contribution < -0.4 is 10.1 Å². The molecule has 1 aliphatic carbocycles. The van der Waals surface area contributed by atoms with E-state index in [4.69, 9.17) is 4.74 Å². The number of rotatable bonds is 3. The predicted octanol–water partition coefficient (Wildman–Crippen LogP) is 5.35. The summed E-state index contributed by atoms with van der Waals surface area (Å²) in [5.74, 6) is 2.12. The first-order valence-corrected chi connectivity index (χ1v) is 9.03. The van der Waals surface area contributed by atoms with Crippen LogP contribution in [0, 0.1) is 5.92 Å². The Bertz CT molecular complexity index is 825. The molecule has 4 rings (SSSR count). The maximum atomic E-state index is 9.94. The molecule has 3 nitrogen and oxygen atoms in total. The van der Waals surface area contributed by atoms with Gasteiger partial charge in [0.25, 0.3) is 0 Å². The first-order chi connectivity index (χ1) is 12.1. The third-order valence-corrected chi connectivity index (χ3v) is 5.61. The summed E-state index contributed by atoms with van der Waals surface area (Å²) >= 11 is 0. The maximum Gasteiger partial charge on any atom is 0.160 e. The van der Waals surface area contributed by atoms with Crippen LogP contribution in [0.2, 0.25) is 0 Å². The number of benzene rings is 2. The van der Waals surface area contributed by atoms with Crippen LogP contribution in [0.4, 0.5) is 5.69 Å². The van der Waals surface area contributed by atoms with Gasteiger partial charge in [0.15, 0.2) is 11.5 Å². The molecule has 0 fully saturated rings.